The summed E-state index contributed by atoms with van der Waals surface area (Å²) < 4.78 is 4.90. The lowest BCUT2D eigenvalue weighted by atomic mass is 9.89. The average Bonchev–Trinajstić information content (AvgIpc) is 2.29. The number of carbonyl (C=O) groups excluding carboxylic acids is 2. The van der Waals surface area contributed by atoms with Crippen molar-refractivity contribution in [3.8, 4) is 0 Å². The number of benzene rings is 1. The lowest BCUT2D eigenvalue weighted by Gasteiger charge is -2.15. The van der Waals surface area contributed by atoms with E-state index in [9.17, 15) is 9.59 Å². The van der Waals surface area contributed by atoms with E-state index in [0.29, 0.717) is 24.2 Å². The number of carbonyl (C=O) groups is 2. The van der Waals surface area contributed by atoms with E-state index in [0.717, 1.165) is 18.4 Å². The van der Waals surface area contributed by atoms with Gasteiger partial charge in [-0.15, -0.1) is 0 Å². The molecule has 0 aromatic heterocycles. The van der Waals surface area contributed by atoms with Crippen molar-refractivity contribution >= 4 is 11.8 Å². The minimum Gasteiger partial charge on any atom is -0.462 e. The number of ketones is 1. The molecule has 3 nitrogen and oxygen atoms in total. The van der Waals surface area contributed by atoms with Crippen LogP contribution < -0.4 is 0 Å². The van der Waals surface area contributed by atoms with Gasteiger partial charge in [0.1, 0.15) is 0 Å². The zero-order chi connectivity index (χ0) is 11.5. The van der Waals surface area contributed by atoms with Crippen LogP contribution in [0.2, 0.25) is 0 Å². The number of ether oxygens (including phenoxy) is 1. The molecule has 3 heteroatoms. The molecule has 0 amide bonds. The highest BCUT2D eigenvalue weighted by atomic mass is 16.5. The van der Waals surface area contributed by atoms with Crippen molar-refractivity contribution in [2.24, 2.45) is 0 Å². The van der Waals surface area contributed by atoms with E-state index in [1.807, 2.05) is 6.07 Å². The van der Waals surface area contributed by atoms with Crippen molar-refractivity contribution < 1.29 is 14.3 Å². The van der Waals surface area contributed by atoms with E-state index in [-0.39, 0.29) is 11.8 Å². The Kier molecular flexibility index (Phi) is 3.04. The highest BCUT2D eigenvalue weighted by molar-refractivity contribution is 6.01. The highest BCUT2D eigenvalue weighted by Gasteiger charge is 2.19. The molecular formula is C13H14O3. The fraction of sp³-hybridized carbons (Fsp3) is 0.385. The molecule has 0 saturated carbocycles. The molecule has 0 fully saturated rings. The fourth-order valence-electron chi connectivity index (χ4n) is 1.97. The van der Waals surface area contributed by atoms with Gasteiger partial charge in [-0.1, -0.05) is 6.07 Å². The zero-order valence-corrected chi connectivity index (χ0v) is 9.29. The molecule has 0 atom stereocenters. The Balaban J connectivity index is 2.34. The molecule has 1 aromatic carbocycles. The molecule has 0 N–H and O–H groups in total. The summed E-state index contributed by atoms with van der Waals surface area (Å²) in [5, 5.41) is 0. The van der Waals surface area contributed by atoms with Crippen LogP contribution in [0.3, 0.4) is 0 Å². The second-order valence-electron chi connectivity index (χ2n) is 3.87. The second kappa shape index (κ2) is 4.47. The summed E-state index contributed by atoms with van der Waals surface area (Å²) in [7, 11) is 0. The molecule has 1 aliphatic rings. The first-order valence-corrected chi connectivity index (χ1v) is 5.55. The molecule has 1 aliphatic carbocycles. The van der Waals surface area contributed by atoms with Gasteiger partial charge in [0.2, 0.25) is 0 Å². The highest BCUT2D eigenvalue weighted by Crippen LogP contribution is 2.22. The maximum atomic E-state index is 11.7. The summed E-state index contributed by atoms with van der Waals surface area (Å²) in [5.41, 5.74) is 2.21. The number of hydrogen-bond acceptors (Lipinski definition) is 3. The van der Waals surface area contributed by atoms with Crippen molar-refractivity contribution in [3.63, 3.8) is 0 Å². The predicted molar refractivity (Wildman–Crippen MR) is 59.7 cm³/mol. The Labute approximate surface area is 94.4 Å². The number of aryl methyl sites for hydroxylation is 1. The summed E-state index contributed by atoms with van der Waals surface area (Å²) in [6, 6.07) is 5.25. The quantitative estimate of drug-likeness (QED) is 0.716. The molecule has 0 unspecified atom stereocenters. The maximum absolute atomic E-state index is 11.7. The molecule has 0 saturated heterocycles. The first-order valence-electron chi connectivity index (χ1n) is 5.55. The lowest BCUT2D eigenvalue weighted by molar-refractivity contribution is 0.0526. The Bertz CT molecular complexity index is 435. The van der Waals surface area contributed by atoms with Crippen LogP contribution in [0.4, 0.5) is 0 Å². The second-order valence-corrected chi connectivity index (χ2v) is 3.87. The predicted octanol–water partition coefficient (Wildman–Crippen LogP) is 2.38. The molecule has 0 spiro atoms. The van der Waals surface area contributed by atoms with Gasteiger partial charge in [-0.25, -0.2) is 4.79 Å². The van der Waals surface area contributed by atoms with Crippen molar-refractivity contribution in [1.82, 2.24) is 0 Å². The van der Waals surface area contributed by atoms with Gasteiger partial charge in [-0.3, -0.25) is 4.79 Å². The normalized spacial score (nSPS) is 14.4. The Morgan fingerprint density at radius 3 is 2.94 bits per heavy atom. The monoisotopic (exact) mass is 218 g/mol. The van der Waals surface area contributed by atoms with Crippen molar-refractivity contribution in [2.75, 3.05) is 6.61 Å². The maximum Gasteiger partial charge on any atom is 0.338 e. The zero-order valence-electron chi connectivity index (χ0n) is 9.29. The van der Waals surface area contributed by atoms with Gasteiger partial charge in [0.15, 0.2) is 5.78 Å². The molecule has 2 rings (SSSR count). The Morgan fingerprint density at radius 2 is 2.19 bits per heavy atom. The summed E-state index contributed by atoms with van der Waals surface area (Å²) in [6.07, 6.45) is 2.41. The molecule has 0 heterocycles. The van der Waals surface area contributed by atoms with Crippen LogP contribution in [0.5, 0.6) is 0 Å². The van der Waals surface area contributed by atoms with Crippen LogP contribution in [-0.4, -0.2) is 18.4 Å². The number of fused-ring (bicyclic) bond motifs is 1. The largest absolute Gasteiger partial charge is 0.462 e. The first kappa shape index (κ1) is 10.9. The van der Waals surface area contributed by atoms with Crippen LogP contribution in [-0.2, 0) is 11.2 Å². The van der Waals surface area contributed by atoms with Crippen LogP contribution in [0, 0.1) is 0 Å². The number of Topliss-reactive ketones (excluding diaryl/α,β-unsaturated/α-hetero) is 1. The number of hydrogen-bond donors (Lipinski definition) is 0. The third-order valence-electron chi connectivity index (χ3n) is 2.77. The van der Waals surface area contributed by atoms with E-state index >= 15 is 0 Å². The SMILES string of the molecule is CCOC(=O)c1ccc2c(c1)C(=O)CCC2. The van der Waals surface area contributed by atoms with E-state index in [1.165, 1.54) is 0 Å². The third-order valence-corrected chi connectivity index (χ3v) is 2.77. The summed E-state index contributed by atoms with van der Waals surface area (Å²) in [5.74, 6) is -0.226. The average molecular weight is 218 g/mol. The van der Waals surface area contributed by atoms with E-state index < -0.39 is 0 Å². The van der Waals surface area contributed by atoms with Crippen molar-refractivity contribution in [2.45, 2.75) is 26.2 Å². The number of rotatable bonds is 2. The minimum atomic E-state index is -0.358. The Hall–Kier alpha value is -1.64. The van der Waals surface area contributed by atoms with Gasteiger partial charge in [-0.05, 0) is 37.5 Å². The summed E-state index contributed by atoms with van der Waals surface area (Å²) in [4.78, 5) is 23.2. The van der Waals surface area contributed by atoms with Crippen LogP contribution >= 0.6 is 0 Å². The minimum absolute atomic E-state index is 0.132. The molecule has 16 heavy (non-hydrogen) atoms. The van der Waals surface area contributed by atoms with Gasteiger partial charge in [0.05, 0.1) is 12.2 Å². The van der Waals surface area contributed by atoms with Crippen molar-refractivity contribution in [1.29, 1.82) is 0 Å². The number of esters is 1. The van der Waals surface area contributed by atoms with E-state index in [2.05, 4.69) is 0 Å². The van der Waals surface area contributed by atoms with Crippen LogP contribution in [0.15, 0.2) is 18.2 Å². The van der Waals surface area contributed by atoms with Gasteiger partial charge < -0.3 is 4.74 Å². The Morgan fingerprint density at radius 1 is 1.38 bits per heavy atom. The lowest BCUT2D eigenvalue weighted by Crippen LogP contribution is -2.13. The van der Waals surface area contributed by atoms with Crippen LogP contribution in [0.1, 0.15) is 46.0 Å². The van der Waals surface area contributed by atoms with Gasteiger partial charge in [0.25, 0.3) is 0 Å². The van der Waals surface area contributed by atoms with Crippen molar-refractivity contribution in [3.05, 3.63) is 34.9 Å². The molecule has 0 aliphatic heterocycles. The van der Waals surface area contributed by atoms with E-state index in [4.69, 9.17) is 4.74 Å². The molecular weight excluding hydrogens is 204 g/mol. The smallest absolute Gasteiger partial charge is 0.338 e. The standard InChI is InChI=1S/C13H14O3/c1-2-16-13(15)10-7-6-9-4-3-5-12(14)11(9)8-10/h6-8H,2-5H2,1H3. The summed E-state index contributed by atoms with van der Waals surface area (Å²) >= 11 is 0. The van der Waals surface area contributed by atoms with E-state index in [1.54, 1.807) is 19.1 Å². The van der Waals surface area contributed by atoms with Gasteiger partial charge >= 0.3 is 5.97 Å². The van der Waals surface area contributed by atoms with Gasteiger partial charge in [0, 0.05) is 12.0 Å². The molecule has 1 aromatic rings. The van der Waals surface area contributed by atoms with Crippen LogP contribution in [0.25, 0.3) is 0 Å². The molecule has 0 bridgehead atoms. The molecule has 84 valence electrons. The fourth-order valence-corrected chi connectivity index (χ4v) is 1.97. The molecule has 0 radical (unpaired) electrons. The topological polar surface area (TPSA) is 43.4 Å². The third kappa shape index (κ3) is 1.98. The summed E-state index contributed by atoms with van der Waals surface area (Å²) in [6.45, 7) is 2.12. The first-order chi connectivity index (χ1) is 7.72. The van der Waals surface area contributed by atoms with Gasteiger partial charge in [-0.2, -0.15) is 0 Å².